The number of likely N-dealkylation sites (N-methyl/N-ethyl adjacent to an activating group) is 1. The van der Waals surface area contributed by atoms with Gasteiger partial charge in [0.15, 0.2) is 13.2 Å². The average Bonchev–Trinajstić information content (AvgIpc) is 2.55. The molecule has 2 N–H and O–H groups in total. The molecule has 0 saturated heterocycles. The summed E-state index contributed by atoms with van der Waals surface area (Å²) in [5, 5.41) is 13.4. The Morgan fingerprint density at radius 1 is 1.18 bits per heavy atom. The second kappa shape index (κ2) is 8.97. The summed E-state index contributed by atoms with van der Waals surface area (Å²) < 4.78 is 9.82. The minimum Gasteiger partial charge on any atom is -0.481 e. The Morgan fingerprint density at radius 3 is 2.59 bits per heavy atom. The summed E-state index contributed by atoms with van der Waals surface area (Å²) in [5.41, 5.74) is 0.290. The van der Waals surface area contributed by atoms with Crippen LogP contribution in [-0.4, -0.2) is 44.6 Å². The average molecular weight is 305 g/mol. The van der Waals surface area contributed by atoms with Crippen molar-refractivity contribution in [3.63, 3.8) is 0 Å². The second-order valence-corrected chi connectivity index (χ2v) is 4.01. The van der Waals surface area contributed by atoms with Crippen molar-refractivity contribution < 1.29 is 23.9 Å². The van der Waals surface area contributed by atoms with Crippen LogP contribution in [0.4, 0.5) is 0 Å². The van der Waals surface area contributed by atoms with E-state index in [1.54, 1.807) is 24.3 Å². The molecule has 1 aromatic rings. The van der Waals surface area contributed by atoms with E-state index in [9.17, 15) is 14.4 Å². The first-order valence-electron chi connectivity index (χ1n) is 6.31. The van der Waals surface area contributed by atoms with Gasteiger partial charge < -0.3 is 20.1 Å². The van der Waals surface area contributed by atoms with Gasteiger partial charge in [0.1, 0.15) is 11.8 Å². The van der Waals surface area contributed by atoms with E-state index in [1.807, 2.05) is 6.07 Å². The van der Waals surface area contributed by atoms with Crippen LogP contribution in [0, 0.1) is 11.3 Å². The predicted molar refractivity (Wildman–Crippen MR) is 74.7 cm³/mol. The molecule has 0 aliphatic heterocycles. The fourth-order valence-corrected chi connectivity index (χ4v) is 1.33. The lowest BCUT2D eigenvalue weighted by Crippen LogP contribution is -2.37. The van der Waals surface area contributed by atoms with Crippen molar-refractivity contribution in [3.8, 4) is 11.8 Å². The maximum absolute atomic E-state index is 11.4. The Hall–Kier alpha value is -3.08. The summed E-state index contributed by atoms with van der Waals surface area (Å²) in [4.78, 5) is 33.6. The lowest BCUT2D eigenvalue weighted by molar-refractivity contribution is -0.150. The van der Waals surface area contributed by atoms with Crippen LogP contribution in [0.1, 0.15) is 5.56 Å². The number of nitriles is 1. The Bertz CT molecular complexity index is 594. The molecule has 0 unspecified atom stereocenters. The van der Waals surface area contributed by atoms with Crippen LogP contribution in [0.5, 0.6) is 5.75 Å². The Labute approximate surface area is 127 Å². The molecule has 0 atom stereocenters. The second-order valence-electron chi connectivity index (χ2n) is 4.01. The number of amides is 2. The van der Waals surface area contributed by atoms with Gasteiger partial charge in [0.2, 0.25) is 5.91 Å². The van der Waals surface area contributed by atoms with Gasteiger partial charge in [0.25, 0.3) is 5.91 Å². The minimum atomic E-state index is -0.761. The van der Waals surface area contributed by atoms with E-state index in [4.69, 9.17) is 10.00 Å². The third-order valence-corrected chi connectivity index (χ3v) is 2.44. The van der Waals surface area contributed by atoms with E-state index >= 15 is 0 Å². The number of carbonyl (C=O) groups excluding carboxylic acids is 3. The number of carbonyl (C=O) groups is 3. The van der Waals surface area contributed by atoms with Crippen molar-refractivity contribution in [2.24, 2.45) is 0 Å². The number of benzene rings is 1. The SMILES string of the molecule is CNC(=O)CNC(=O)COC(=O)COc1ccccc1C#N. The van der Waals surface area contributed by atoms with Crippen LogP contribution in [0.15, 0.2) is 24.3 Å². The first kappa shape index (κ1) is 17.0. The zero-order valence-electron chi connectivity index (χ0n) is 11.9. The summed E-state index contributed by atoms with van der Waals surface area (Å²) >= 11 is 0. The summed E-state index contributed by atoms with van der Waals surface area (Å²) in [6.07, 6.45) is 0. The number of ether oxygens (including phenoxy) is 2. The molecule has 0 spiro atoms. The molecule has 1 aromatic carbocycles. The number of nitrogens with zero attached hydrogens (tertiary/aromatic N) is 1. The lowest BCUT2D eigenvalue weighted by atomic mass is 10.2. The molecule has 0 radical (unpaired) electrons. The molecule has 0 bridgehead atoms. The quantitative estimate of drug-likeness (QED) is 0.646. The van der Waals surface area contributed by atoms with Gasteiger partial charge >= 0.3 is 5.97 Å². The first-order chi connectivity index (χ1) is 10.6. The van der Waals surface area contributed by atoms with Crippen molar-refractivity contribution >= 4 is 17.8 Å². The fraction of sp³-hybridized carbons (Fsp3) is 0.286. The number of nitrogens with one attached hydrogen (secondary N) is 2. The molecule has 0 aromatic heterocycles. The summed E-state index contributed by atoms with van der Waals surface area (Å²) in [7, 11) is 1.44. The van der Waals surface area contributed by atoms with E-state index in [0.717, 1.165) is 0 Å². The van der Waals surface area contributed by atoms with Crippen LogP contribution in [0.25, 0.3) is 0 Å². The zero-order chi connectivity index (χ0) is 16.4. The van der Waals surface area contributed by atoms with Gasteiger partial charge in [0.05, 0.1) is 12.1 Å². The predicted octanol–water partition coefficient (Wildman–Crippen LogP) is -0.658. The Balaban J connectivity index is 2.31. The summed E-state index contributed by atoms with van der Waals surface area (Å²) in [6, 6.07) is 8.34. The van der Waals surface area contributed by atoms with E-state index < -0.39 is 25.1 Å². The van der Waals surface area contributed by atoms with E-state index in [0.29, 0.717) is 5.56 Å². The van der Waals surface area contributed by atoms with Crippen LogP contribution < -0.4 is 15.4 Å². The molecule has 0 aliphatic rings. The molecule has 0 fully saturated rings. The molecule has 0 saturated carbocycles. The largest absolute Gasteiger partial charge is 0.481 e. The monoisotopic (exact) mass is 305 g/mol. The first-order valence-corrected chi connectivity index (χ1v) is 6.31. The molecular weight excluding hydrogens is 290 g/mol. The van der Waals surface area contributed by atoms with Crippen molar-refractivity contribution in [3.05, 3.63) is 29.8 Å². The normalized spacial score (nSPS) is 9.27. The van der Waals surface area contributed by atoms with Crippen molar-refractivity contribution in [2.45, 2.75) is 0 Å². The number of hydrogen-bond acceptors (Lipinski definition) is 6. The van der Waals surface area contributed by atoms with Crippen molar-refractivity contribution in [1.29, 1.82) is 5.26 Å². The van der Waals surface area contributed by atoms with Crippen LogP contribution in [-0.2, 0) is 19.1 Å². The number of hydrogen-bond donors (Lipinski definition) is 2. The molecular formula is C14H15N3O5. The molecule has 8 nitrogen and oxygen atoms in total. The van der Waals surface area contributed by atoms with Crippen LogP contribution >= 0.6 is 0 Å². The third-order valence-electron chi connectivity index (χ3n) is 2.44. The van der Waals surface area contributed by atoms with E-state index in [2.05, 4.69) is 15.4 Å². The van der Waals surface area contributed by atoms with E-state index in [-0.39, 0.29) is 18.2 Å². The van der Waals surface area contributed by atoms with Crippen LogP contribution in [0.2, 0.25) is 0 Å². The number of para-hydroxylation sites is 1. The molecule has 1 rings (SSSR count). The van der Waals surface area contributed by atoms with Gasteiger partial charge in [-0.05, 0) is 12.1 Å². The van der Waals surface area contributed by atoms with Crippen molar-refractivity contribution in [2.75, 3.05) is 26.8 Å². The summed E-state index contributed by atoms with van der Waals surface area (Å²) in [5.74, 6) is -1.47. The Kier molecular flexibility index (Phi) is 6.92. The topological polar surface area (TPSA) is 118 Å². The highest BCUT2D eigenvalue weighted by Gasteiger charge is 2.10. The third kappa shape index (κ3) is 5.92. The maximum Gasteiger partial charge on any atom is 0.344 e. The Morgan fingerprint density at radius 2 is 1.91 bits per heavy atom. The molecule has 116 valence electrons. The number of rotatable bonds is 7. The standard InChI is InChI=1S/C14H15N3O5/c1-16-12(18)7-17-13(19)8-22-14(20)9-21-11-5-3-2-4-10(11)6-15/h2-5H,7-9H2,1H3,(H,16,18)(H,17,19). The van der Waals surface area contributed by atoms with E-state index in [1.165, 1.54) is 7.05 Å². The molecule has 0 aliphatic carbocycles. The highest BCUT2D eigenvalue weighted by molar-refractivity contribution is 5.86. The smallest absolute Gasteiger partial charge is 0.344 e. The highest BCUT2D eigenvalue weighted by Crippen LogP contribution is 2.16. The van der Waals surface area contributed by atoms with Gasteiger partial charge in [-0.2, -0.15) is 5.26 Å². The highest BCUT2D eigenvalue weighted by atomic mass is 16.6. The molecule has 22 heavy (non-hydrogen) atoms. The number of esters is 1. The van der Waals surface area contributed by atoms with Crippen LogP contribution in [0.3, 0.4) is 0 Å². The maximum atomic E-state index is 11.4. The minimum absolute atomic E-state index is 0.196. The van der Waals surface area contributed by atoms with Gasteiger partial charge in [-0.25, -0.2) is 4.79 Å². The molecule has 0 heterocycles. The van der Waals surface area contributed by atoms with Gasteiger partial charge in [-0.1, -0.05) is 12.1 Å². The van der Waals surface area contributed by atoms with Gasteiger partial charge in [0, 0.05) is 7.05 Å². The fourth-order valence-electron chi connectivity index (χ4n) is 1.33. The van der Waals surface area contributed by atoms with Gasteiger partial charge in [-0.3, -0.25) is 9.59 Å². The van der Waals surface area contributed by atoms with Crippen molar-refractivity contribution in [1.82, 2.24) is 10.6 Å². The lowest BCUT2D eigenvalue weighted by Gasteiger charge is -2.08. The summed E-state index contributed by atoms with van der Waals surface area (Å²) in [6.45, 7) is -1.14. The molecule has 8 heteroatoms. The zero-order valence-corrected chi connectivity index (χ0v) is 11.9. The van der Waals surface area contributed by atoms with Gasteiger partial charge in [-0.15, -0.1) is 0 Å². The molecule has 2 amide bonds.